The van der Waals surface area contributed by atoms with Crippen molar-refractivity contribution in [2.24, 2.45) is 0 Å². The van der Waals surface area contributed by atoms with Gasteiger partial charge in [-0.25, -0.2) is 4.98 Å². The number of amides is 1. The fourth-order valence-electron chi connectivity index (χ4n) is 2.69. The van der Waals surface area contributed by atoms with Gasteiger partial charge in [-0.15, -0.1) is 11.3 Å². The molecule has 6 nitrogen and oxygen atoms in total. The summed E-state index contributed by atoms with van der Waals surface area (Å²) < 4.78 is 7.05. The van der Waals surface area contributed by atoms with Crippen LogP contribution in [0.25, 0.3) is 10.2 Å². The van der Waals surface area contributed by atoms with Gasteiger partial charge in [-0.05, 0) is 24.3 Å². The van der Waals surface area contributed by atoms with E-state index in [-0.39, 0.29) is 17.5 Å². The third-order valence-corrected chi connectivity index (χ3v) is 5.84. The van der Waals surface area contributed by atoms with Crippen LogP contribution in [0.1, 0.15) is 18.9 Å². The molecule has 0 aromatic carbocycles. The van der Waals surface area contributed by atoms with Gasteiger partial charge in [0.1, 0.15) is 4.83 Å². The molecule has 0 bridgehead atoms. The Kier molecular flexibility index (Phi) is 4.13. The second-order valence-corrected chi connectivity index (χ2v) is 7.56. The van der Waals surface area contributed by atoms with E-state index in [1.165, 1.54) is 23.1 Å². The van der Waals surface area contributed by atoms with E-state index in [2.05, 4.69) is 4.98 Å². The molecule has 4 rings (SSSR count). The molecule has 3 heterocycles. The highest BCUT2D eigenvalue weighted by Gasteiger charge is 2.29. The molecule has 122 valence electrons. The lowest BCUT2D eigenvalue weighted by atomic mass is 10.4. The number of nitrogens with zero attached hydrogens (tertiary/aromatic N) is 3. The maximum absolute atomic E-state index is 12.6. The van der Waals surface area contributed by atoms with E-state index in [0.717, 1.165) is 17.7 Å². The number of ether oxygens (including phenoxy) is 1. The Labute approximate surface area is 141 Å². The highest BCUT2D eigenvalue weighted by atomic mass is 32.2. The molecule has 8 heteroatoms. The molecule has 0 unspecified atom stereocenters. The molecule has 0 spiro atoms. The smallest absolute Gasteiger partial charge is 0.263 e. The molecule has 2 fully saturated rings. The average Bonchev–Trinajstić information content (AvgIpc) is 3.30. The lowest BCUT2D eigenvalue weighted by Crippen LogP contribution is -2.41. The van der Waals surface area contributed by atoms with Crippen molar-refractivity contribution < 1.29 is 9.53 Å². The summed E-state index contributed by atoms with van der Waals surface area (Å²) in [5.41, 5.74) is 0.0278. The molecule has 1 aliphatic heterocycles. The van der Waals surface area contributed by atoms with Crippen molar-refractivity contribution >= 4 is 39.2 Å². The maximum atomic E-state index is 12.6. The summed E-state index contributed by atoms with van der Waals surface area (Å²) in [6, 6.07) is 2.09. The fraction of sp³-hybridized carbons (Fsp3) is 0.533. The van der Waals surface area contributed by atoms with Crippen LogP contribution in [0.4, 0.5) is 0 Å². The highest BCUT2D eigenvalue weighted by molar-refractivity contribution is 7.99. The average molecular weight is 351 g/mol. The number of thiophene rings is 1. The van der Waals surface area contributed by atoms with E-state index in [0.29, 0.717) is 42.6 Å². The molecule has 2 aromatic heterocycles. The summed E-state index contributed by atoms with van der Waals surface area (Å²) in [4.78, 5) is 32.1. The number of aromatic nitrogens is 2. The topological polar surface area (TPSA) is 64.4 Å². The minimum atomic E-state index is 0.0278. The van der Waals surface area contributed by atoms with Gasteiger partial charge in [0.15, 0.2) is 5.16 Å². The molecule has 1 amide bonds. The first-order valence-electron chi connectivity index (χ1n) is 7.72. The van der Waals surface area contributed by atoms with Crippen molar-refractivity contribution in [3.8, 4) is 0 Å². The predicted octanol–water partition coefficient (Wildman–Crippen LogP) is 1.74. The number of hydrogen-bond acceptors (Lipinski definition) is 6. The van der Waals surface area contributed by atoms with Gasteiger partial charge in [-0.2, -0.15) is 0 Å². The second kappa shape index (κ2) is 6.26. The van der Waals surface area contributed by atoms with Crippen LogP contribution in [0.3, 0.4) is 0 Å². The first kappa shape index (κ1) is 15.2. The second-order valence-electron chi connectivity index (χ2n) is 5.72. The van der Waals surface area contributed by atoms with E-state index in [1.807, 2.05) is 16.3 Å². The summed E-state index contributed by atoms with van der Waals surface area (Å²) in [6.07, 6.45) is 2.03. The third kappa shape index (κ3) is 3.02. The van der Waals surface area contributed by atoms with Crippen LogP contribution in [0.5, 0.6) is 0 Å². The monoisotopic (exact) mass is 351 g/mol. The van der Waals surface area contributed by atoms with E-state index < -0.39 is 0 Å². The molecular formula is C15H17N3O3S2. The lowest BCUT2D eigenvalue weighted by Gasteiger charge is -2.26. The zero-order valence-electron chi connectivity index (χ0n) is 12.6. The first-order chi connectivity index (χ1) is 11.2. The van der Waals surface area contributed by atoms with Gasteiger partial charge >= 0.3 is 0 Å². The zero-order valence-corrected chi connectivity index (χ0v) is 14.2. The van der Waals surface area contributed by atoms with Crippen LogP contribution in [0, 0.1) is 0 Å². The van der Waals surface area contributed by atoms with Gasteiger partial charge in [-0.3, -0.25) is 14.2 Å². The van der Waals surface area contributed by atoms with Crippen molar-refractivity contribution in [2.45, 2.75) is 24.0 Å². The summed E-state index contributed by atoms with van der Waals surface area (Å²) in [5, 5.41) is 3.25. The SMILES string of the molecule is O=C(CSc1nc2sccc2c(=O)n1C1CC1)N1CCOCC1. The Balaban J connectivity index is 1.57. The van der Waals surface area contributed by atoms with Gasteiger partial charge in [0.2, 0.25) is 5.91 Å². The van der Waals surface area contributed by atoms with Crippen LogP contribution < -0.4 is 5.56 Å². The van der Waals surface area contributed by atoms with E-state index >= 15 is 0 Å². The Morgan fingerprint density at radius 2 is 2.17 bits per heavy atom. The van der Waals surface area contributed by atoms with E-state index in [1.54, 1.807) is 4.57 Å². The Hall–Kier alpha value is -1.38. The number of fused-ring (bicyclic) bond motifs is 1. The van der Waals surface area contributed by atoms with Crippen LogP contribution >= 0.6 is 23.1 Å². The van der Waals surface area contributed by atoms with Gasteiger partial charge < -0.3 is 9.64 Å². The summed E-state index contributed by atoms with van der Waals surface area (Å²) in [5.74, 6) is 0.400. The van der Waals surface area contributed by atoms with Crippen LogP contribution in [0.15, 0.2) is 21.4 Å². The molecule has 1 saturated carbocycles. The quantitative estimate of drug-likeness (QED) is 0.620. The largest absolute Gasteiger partial charge is 0.378 e. The summed E-state index contributed by atoms with van der Waals surface area (Å²) in [6.45, 7) is 2.49. The number of hydrogen-bond donors (Lipinski definition) is 0. The van der Waals surface area contributed by atoms with Crippen molar-refractivity contribution in [1.29, 1.82) is 0 Å². The van der Waals surface area contributed by atoms with Crippen molar-refractivity contribution in [3.63, 3.8) is 0 Å². The minimum absolute atomic E-state index is 0.0278. The molecule has 0 N–H and O–H groups in total. The van der Waals surface area contributed by atoms with Crippen LogP contribution in [-0.2, 0) is 9.53 Å². The summed E-state index contributed by atoms with van der Waals surface area (Å²) in [7, 11) is 0. The Morgan fingerprint density at radius 3 is 2.91 bits per heavy atom. The number of carbonyl (C=O) groups excluding carboxylic acids is 1. The van der Waals surface area contributed by atoms with E-state index in [9.17, 15) is 9.59 Å². The minimum Gasteiger partial charge on any atom is -0.378 e. The van der Waals surface area contributed by atoms with Gasteiger partial charge in [0.05, 0.1) is 24.4 Å². The van der Waals surface area contributed by atoms with Gasteiger partial charge in [0.25, 0.3) is 5.56 Å². The van der Waals surface area contributed by atoms with Gasteiger partial charge in [-0.1, -0.05) is 11.8 Å². The van der Waals surface area contributed by atoms with Crippen molar-refractivity contribution in [2.75, 3.05) is 32.1 Å². The van der Waals surface area contributed by atoms with E-state index in [4.69, 9.17) is 4.74 Å². The van der Waals surface area contributed by atoms with Crippen LogP contribution in [0.2, 0.25) is 0 Å². The summed E-state index contributed by atoms with van der Waals surface area (Å²) >= 11 is 2.85. The van der Waals surface area contributed by atoms with Crippen molar-refractivity contribution in [1.82, 2.24) is 14.5 Å². The Bertz CT molecular complexity index is 791. The zero-order chi connectivity index (χ0) is 15.8. The number of carbonyl (C=O) groups is 1. The standard InChI is InChI=1S/C15H17N3O3S2/c19-12(17-4-6-21-7-5-17)9-23-15-16-13-11(3-8-22-13)14(20)18(15)10-1-2-10/h3,8,10H,1-2,4-7,9H2. The molecule has 2 aliphatic rings. The van der Waals surface area contributed by atoms with Crippen molar-refractivity contribution in [3.05, 3.63) is 21.8 Å². The molecule has 1 saturated heterocycles. The number of morpholine rings is 1. The molecule has 0 atom stereocenters. The first-order valence-corrected chi connectivity index (χ1v) is 9.58. The molecule has 0 radical (unpaired) electrons. The lowest BCUT2D eigenvalue weighted by molar-refractivity contribution is -0.132. The normalized spacial score (nSPS) is 18.5. The molecule has 2 aromatic rings. The maximum Gasteiger partial charge on any atom is 0.263 e. The molecule has 23 heavy (non-hydrogen) atoms. The predicted molar refractivity (Wildman–Crippen MR) is 90.3 cm³/mol. The number of thioether (sulfide) groups is 1. The Morgan fingerprint density at radius 1 is 1.39 bits per heavy atom. The highest BCUT2D eigenvalue weighted by Crippen LogP contribution is 2.37. The number of rotatable bonds is 4. The fourth-order valence-corrected chi connectivity index (χ4v) is 4.47. The third-order valence-electron chi connectivity index (χ3n) is 4.10. The molecular weight excluding hydrogens is 334 g/mol. The molecule has 1 aliphatic carbocycles. The van der Waals surface area contributed by atoms with Crippen LogP contribution in [-0.4, -0.2) is 52.4 Å². The van der Waals surface area contributed by atoms with Gasteiger partial charge in [0, 0.05) is 19.1 Å².